The van der Waals surface area contributed by atoms with Crippen LogP contribution in [0.2, 0.25) is 0 Å². The quantitative estimate of drug-likeness (QED) is 0.423. The van der Waals surface area contributed by atoms with Gasteiger partial charge in [0, 0.05) is 38.2 Å². The van der Waals surface area contributed by atoms with Crippen LogP contribution in [-0.4, -0.2) is 48.2 Å². The van der Waals surface area contributed by atoms with Crippen molar-refractivity contribution in [3.8, 4) is 0 Å². The molecule has 8 heteroatoms. The second-order valence-electron chi connectivity index (χ2n) is 6.92. The van der Waals surface area contributed by atoms with Crippen LogP contribution in [-0.2, 0) is 11.3 Å². The molecule has 30 heavy (non-hydrogen) atoms. The maximum atomic E-state index is 12.3. The second kappa shape index (κ2) is 9.80. The maximum absolute atomic E-state index is 12.3. The van der Waals surface area contributed by atoms with Crippen LogP contribution in [0.15, 0.2) is 48.5 Å². The van der Waals surface area contributed by atoms with Crippen LogP contribution in [0.25, 0.3) is 0 Å². The lowest BCUT2D eigenvalue weighted by Gasteiger charge is -2.13. The lowest BCUT2D eigenvalue weighted by molar-refractivity contribution is -0.121. The fourth-order valence-corrected chi connectivity index (χ4v) is 3.16. The van der Waals surface area contributed by atoms with Gasteiger partial charge in [0.15, 0.2) is 0 Å². The molecule has 8 nitrogen and oxygen atoms in total. The summed E-state index contributed by atoms with van der Waals surface area (Å²) in [4.78, 5) is 49.7. The first-order valence-electron chi connectivity index (χ1n) is 9.80. The van der Waals surface area contributed by atoms with Crippen molar-refractivity contribution in [1.82, 2.24) is 15.5 Å². The van der Waals surface area contributed by atoms with Crippen LogP contribution in [0.4, 0.5) is 0 Å². The van der Waals surface area contributed by atoms with Crippen molar-refractivity contribution in [3.05, 3.63) is 70.8 Å². The Morgan fingerprint density at radius 2 is 1.47 bits per heavy atom. The Labute approximate surface area is 174 Å². The van der Waals surface area contributed by atoms with Crippen molar-refractivity contribution < 1.29 is 19.2 Å². The van der Waals surface area contributed by atoms with Gasteiger partial charge in [-0.2, -0.15) is 0 Å². The van der Waals surface area contributed by atoms with Crippen LogP contribution in [0, 0.1) is 0 Å². The highest BCUT2D eigenvalue weighted by molar-refractivity contribution is 6.21. The predicted octanol–water partition coefficient (Wildman–Crippen LogP) is 1.07. The Kier molecular flexibility index (Phi) is 6.92. The molecule has 0 saturated heterocycles. The summed E-state index contributed by atoms with van der Waals surface area (Å²) in [5, 5.41) is 5.52. The molecule has 0 fully saturated rings. The van der Waals surface area contributed by atoms with E-state index in [9.17, 15) is 19.2 Å². The first-order valence-corrected chi connectivity index (χ1v) is 9.80. The highest BCUT2D eigenvalue weighted by Crippen LogP contribution is 2.22. The summed E-state index contributed by atoms with van der Waals surface area (Å²) in [6.07, 6.45) is 0.594. The third-order valence-electron chi connectivity index (χ3n) is 4.85. The normalized spacial score (nSPS) is 12.6. The molecule has 0 radical (unpaired) electrons. The molecule has 0 aliphatic carbocycles. The number of nitrogens with two attached hydrogens (primary N) is 1. The molecule has 1 heterocycles. The smallest absolute Gasteiger partial charge is 0.261 e. The van der Waals surface area contributed by atoms with Gasteiger partial charge in [0.2, 0.25) is 5.91 Å². The van der Waals surface area contributed by atoms with Crippen LogP contribution in [0.1, 0.15) is 49.5 Å². The number of imide groups is 1. The molecule has 4 amide bonds. The van der Waals surface area contributed by atoms with Crippen molar-refractivity contribution in [2.75, 3.05) is 19.6 Å². The van der Waals surface area contributed by atoms with E-state index in [0.717, 1.165) is 10.5 Å². The van der Waals surface area contributed by atoms with Crippen molar-refractivity contribution in [2.24, 2.45) is 5.73 Å². The van der Waals surface area contributed by atoms with Crippen LogP contribution >= 0.6 is 0 Å². The van der Waals surface area contributed by atoms with Gasteiger partial charge in [-0.05, 0) is 36.2 Å². The number of amides is 4. The third-order valence-corrected chi connectivity index (χ3v) is 4.85. The number of hydrogen-bond acceptors (Lipinski definition) is 5. The Hall–Kier alpha value is -3.52. The molecule has 1 aliphatic heterocycles. The topological polar surface area (TPSA) is 122 Å². The standard InChI is InChI=1S/C22H24N4O4/c23-14-15-6-8-16(9-7-15)20(28)25-12-3-11-24-19(27)10-13-26-21(29)17-4-1-2-5-18(17)22(26)30/h1-2,4-9H,3,10-14,23H2,(H,24,27)(H,25,28). The van der Waals surface area contributed by atoms with Crippen LogP contribution in [0.3, 0.4) is 0 Å². The molecule has 3 rings (SSSR count). The van der Waals surface area contributed by atoms with Crippen LogP contribution < -0.4 is 16.4 Å². The van der Waals surface area contributed by atoms with Crippen molar-refractivity contribution in [1.29, 1.82) is 0 Å². The fourth-order valence-electron chi connectivity index (χ4n) is 3.16. The summed E-state index contributed by atoms with van der Waals surface area (Å²) in [6.45, 7) is 1.26. The first-order chi connectivity index (χ1) is 14.5. The molecule has 4 N–H and O–H groups in total. The minimum atomic E-state index is -0.370. The van der Waals surface area contributed by atoms with Gasteiger partial charge >= 0.3 is 0 Å². The molecule has 2 aromatic rings. The van der Waals surface area contributed by atoms with E-state index in [1.165, 1.54) is 0 Å². The average Bonchev–Trinajstić information content (AvgIpc) is 3.02. The monoisotopic (exact) mass is 408 g/mol. The molecule has 2 aromatic carbocycles. The summed E-state index contributed by atoms with van der Waals surface area (Å²) in [6, 6.07) is 13.7. The Balaban J connectivity index is 1.33. The number of carbonyl (C=O) groups is 4. The zero-order valence-electron chi connectivity index (χ0n) is 16.5. The van der Waals surface area contributed by atoms with E-state index in [1.807, 2.05) is 12.1 Å². The lowest BCUT2D eigenvalue weighted by atomic mass is 10.1. The molecule has 156 valence electrons. The Bertz CT molecular complexity index is 921. The number of nitrogens with zero attached hydrogens (tertiary/aromatic N) is 1. The number of rotatable bonds is 9. The summed E-state index contributed by atoms with van der Waals surface area (Å²) in [7, 11) is 0. The Morgan fingerprint density at radius 1 is 0.867 bits per heavy atom. The van der Waals surface area contributed by atoms with E-state index in [4.69, 9.17) is 5.73 Å². The molecular formula is C22H24N4O4. The van der Waals surface area contributed by atoms with Crippen LogP contribution in [0.5, 0.6) is 0 Å². The van der Waals surface area contributed by atoms with Gasteiger partial charge in [-0.3, -0.25) is 24.1 Å². The van der Waals surface area contributed by atoms with Crippen molar-refractivity contribution in [2.45, 2.75) is 19.4 Å². The van der Waals surface area contributed by atoms with Gasteiger partial charge in [0.05, 0.1) is 11.1 Å². The predicted molar refractivity (Wildman–Crippen MR) is 111 cm³/mol. The van der Waals surface area contributed by atoms with E-state index in [0.29, 0.717) is 42.7 Å². The van der Waals surface area contributed by atoms with E-state index >= 15 is 0 Å². The summed E-state index contributed by atoms with van der Waals surface area (Å²) in [5.41, 5.74) is 7.78. The Morgan fingerprint density at radius 3 is 2.07 bits per heavy atom. The minimum Gasteiger partial charge on any atom is -0.356 e. The highest BCUT2D eigenvalue weighted by atomic mass is 16.2. The minimum absolute atomic E-state index is 0.0331. The number of nitrogens with one attached hydrogen (secondary N) is 2. The maximum Gasteiger partial charge on any atom is 0.261 e. The van der Waals surface area contributed by atoms with E-state index < -0.39 is 0 Å². The van der Waals surface area contributed by atoms with Gasteiger partial charge < -0.3 is 16.4 Å². The van der Waals surface area contributed by atoms with Gasteiger partial charge in [0.25, 0.3) is 17.7 Å². The number of benzene rings is 2. The summed E-state index contributed by atoms with van der Waals surface area (Å²) < 4.78 is 0. The summed E-state index contributed by atoms with van der Waals surface area (Å²) >= 11 is 0. The van der Waals surface area contributed by atoms with E-state index in [-0.39, 0.29) is 36.6 Å². The zero-order valence-corrected chi connectivity index (χ0v) is 16.5. The van der Waals surface area contributed by atoms with Gasteiger partial charge in [-0.25, -0.2) is 0 Å². The van der Waals surface area contributed by atoms with Gasteiger partial charge in [0.1, 0.15) is 0 Å². The average molecular weight is 408 g/mol. The zero-order chi connectivity index (χ0) is 21.5. The number of carbonyl (C=O) groups excluding carboxylic acids is 4. The molecule has 0 bridgehead atoms. The molecule has 0 unspecified atom stereocenters. The van der Waals surface area contributed by atoms with Crippen molar-refractivity contribution in [3.63, 3.8) is 0 Å². The number of hydrogen-bond donors (Lipinski definition) is 3. The molecule has 0 aromatic heterocycles. The molecule has 0 spiro atoms. The first kappa shape index (κ1) is 21.2. The third kappa shape index (κ3) is 4.90. The number of fused-ring (bicyclic) bond motifs is 1. The molecule has 0 atom stereocenters. The second-order valence-corrected chi connectivity index (χ2v) is 6.92. The SMILES string of the molecule is NCc1ccc(C(=O)NCCCNC(=O)CCN2C(=O)c3ccccc3C2=O)cc1. The molecule has 0 saturated carbocycles. The molecular weight excluding hydrogens is 384 g/mol. The fraction of sp³-hybridized carbons (Fsp3) is 0.273. The summed E-state index contributed by atoms with van der Waals surface area (Å²) in [5.74, 6) is -1.18. The lowest BCUT2D eigenvalue weighted by Crippen LogP contribution is -2.35. The van der Waals surface area contributed by atoms with Gasteiger partial charge in [-0.1, -0.05) is 24.3 Å². The van der Waals surface area contributed by atoms with E-state index in [1.54, 1.807) is 36.4 Å². The van der Waals surface area contributed by atoms with Crippen molar-refractivity contribution >= 4 is 23.6 Å². The largest absolute Gasteiger partial charge is 0.356 e. The molecule has 1 aliphatic rings. The van der Waals surface area contributed by atoms with E-state index in [2.05, 4.69) is 10.6 Å². The highest BCUT2D eigenvalue weighted by Gasteiger charge is 2.34. The van der Waals surface area contributed by atoms with Gasteiger partial charge in [-0.15, -0.1) is 0 Å².